The van der Waals surface area contributed by atoms with Crippen molar-refractivity contribution in [3.05, 3.63) is 6.92 Å². The van der Waals surface area contributed by atoms with Crippen LogP contribution in [0.4, 0.5) is 0 Å². The molecular weight excluding hydrogens is 184 g/mol. The Labute approximate surface area is 82.6 Å². The number of hydrogen-bond donors (Lipinski definition) is 0. The Kier molecular flexibility index (Phi) is 13.5. The first-order valence-electron chi connectivity index (χ1n) is 4.60. The van der Waals surface area contributed by atoms with Gasteiger partial charge in [-0.15, -0.1) is 0 Å². The number of rotatable bonds is 6. The molecule has 72 valence electrons. The summed E-state index contributed by atoms with van der Waals surface area (Å²) >= 11 is 0. The van der Waals surface area contributed by atoms with E-state index in [0.717, 1.165) is 0 Å². The van der Waals surface area contributed by atoms with E-state index in [1.165, 1.54) is 38.5 Å². The summed E-state index contributed by atoms with van der Waals surface area (Å²) in [6.07, 6.45) is 8.27. The topological polar surface area (TPSA) is 0 Å². The minimum atomic E-state index is 0. The summed E-state index contributed by atoms with van der Waals surface area (Å²) in [6.45, 7) is 8.40. The van der Waals surface area contributed by atoms with Crippen LogP contribution in [0.1, 0.15) is 52.4 Å². The monoisotopic (exact) mass is 204 g/mol. The predicted octanol–water partition coefficient (Wildman–Crippen LogP) is 3.81. The van der Waals surface area contributed by atoms with Gasteiger partial charge in [0.2, 0.25) is 0 Å². The second-order valence-corrected chi connectivity index (χ2v) is 3.31. The molecule has 0 aromatic heterocycles. The normalized spacial score (nSPS) is 12.3. The second kappa shape index (κ2) is 10.5. The molecule has 0 aromatic rings. The molecule has 0 saturated heterocycles. The van der Waals surface area contributed by atoms with E-state index in [0.29, 0.717) is 5.92 Å². The van der Waals surface area contributed by atoms with Crippen molar-refractivity contribution >= 4 is 0 Å². The van der Waals surface area contributed by atoms with Gasteiger partial charge in [0.15, 0.2) is 0 Å². The fourth-order valence-electron chi connectivity index (χ4n) is 1.10. The third kappa shape index (κ3) is 13.5. The minimum absolute atomic E-state index is 0. The van der Waals surface area contributed by atoms with Gasteiger partial charge in [-0.2, -0.15) is 5.92 Å². The molecule has 0 aromatic carbocycles. The van der Waals surface area contributed by atoms with Crippen LogP contribution in [0.5, 0.6) is 0 Å². The maximum Gasteiger partial charge on any atom is 1.00 e. The Morgan fingerprint density at radius 2 is 1.64 bits per heavy atom. The fourth-order valence-corrected chi connectivity index (χ4v) is 1.10. The maximum atomic E-state index is 3.96. The third-order valence-corrected chi connectivity index (χ3v) is 1.80. The van der Waals surface area contributed by atoms with E-state index in [-0.39, 0.29) is 17.1 Å². The fraction of sp³-hybridized carbons (Fsp3) is 0.900. The molecule has 1 unspecified atom stereocenters. The van der Waals surface area contributed by atoms with Gasteiger partial charge in [-0.05, 0) is 0 Å². The summed E-state index contributed by atoms with van der Waals surface area (Å²) in [5, 5.41) is 0. The van der Waals surface area contributed by atoms with Crippen molar-refractivity contribution < 1.29 is 17.1 Å². The predicted molar refractivity (Wildman–Crippen MR) is 47.9 cm³/mol. The van der Waals surface area contributed by atoms with Crippen LogP contribution in [0, 0.1) is 12.8 Å². The van der Waals surface area contributed by atoms with Gasteiger partial charge >= 0.3 is 17.1 Å². The summed E-state index contributed by atoms with van der Waals surface area (Å²) < 4.78 is 0. The van der Waals surface area contributed by atoms with Crippen LogP contribution in [0.3, 0.4) is 0 Å². The van der Waals surface area contributed by atoms with Crippen molar-refractivity contribution in [3.8, 4) is 0 Å². The largest absolute Gasteiger partial charge is 1.00 e. The molecule has 0 bridgehead atoms. The van der Waals surface area contributed by atoms with E-state index in [1.54, 1.807) is 0 Å². The molecule has 1 heteroatoms. The summed E-state index contributed by atoms with van der Waals surface area (Å²) in [6, 6.07) is 0. The van der Waals surface area contributed by atoms with Gasteiger partial charge < -0.3 is 6.92 Å². The van der Waals surface area contributed by atoms with Crippen LogP contribution in [0.2, 0.25) is 0 Å². The third-order valence-electron chi connectivity index (χ3n) is 1.80. The zero-order chi connectivity index (χ0) is 7.82. The van der Waals surface area contributed by atoms with Gasteiger partial charge in [-0.25, -0.2) is 0 Å². The zero-order valence-electron chi connectivity index (χ0n) is 7.83. The molecule has 0 aliphatic heterocycles. The number of unbranched alkanes of at least 4 members (excludes halogenated alkanes) is 4. The average Bonchev–Trinajstić information content (AvgIpc) is 1.87. The maximum absolute atomic E-state index is 3.96. The van der Waals surface area contributed by atoms with Gasteiger partial charge in [0.25, 0.3) is 0 Å². The minimum Gasteiger partial charge on any atom is -0.341 e. The second-order valence-electron chi connectivity index (χ2n) is 3.31. The summed E-state index contributed by atoms with van der Waals surface area (Å²) in [5.41, 5.74) is 0. The molecule has 1 atom stereocenters. The molecule has 0 spiro atoms. The quantitative estimate of drug-likeness (QED) is 0.351. The van der Waals surface area contributed by atoms with Crippen LogP contribution in [0.25, 0.3) is 0 Å². The average molecular weight is 205 g/mol. The summed E-state index contributed by atoms with van der Waals surface area (Å²) in [4.78, 5) is 0. The van der Waals surface area contributed by atoms with Crippen LogP contribution in [-0.4, -0.2) is 0 Å². The Hall–Kier alpha value is 0.519. The van der Waals surface area contributed by atoms with E-state index in [1.807, 2.05) is 0 Å². The summed E-state index contributed by atoms with van der Waals surface area (Å²) in [5.74, 6) is 0.654. The molecule has 0 amide bonds. The van der Waals surface area contributed by atoms with Crippen LogP contribution < -0.4 is 0 Å². The van der Waals surface area contributed by atoms with Crippen LogP contribution in [-0.2, 0) is 17.1 Å². The molecule has 11 heavy (non-hydrogen) atoms. The standard InChI is InChI=1S/C10H21.Cu/c1-4-5-6-7-8-9-10(2)3;/h10H,2,4-9H2,1,3H3;/q-1;+1. The molecule has 0 fully saturated rings. The van der Waals surface area contributed by atoms with Gasteiger partial charge in [0.05, 0.1) is 0 Å². The van der Waals surface area contributed by atoms with Crippen molar-refractivity contribution in [2.75, 3.05) is 0 Å². The van der Waals surface area contributed by atoms with Gasteiger partial charge in [-0.3, -0.25) is 0 Å². The molecular formula is C10H21Cu. The van der Waals surface area contributed by atoms with Crippen molar-refractivity contribution in [1.29, 1.82) is 0 Å². The van der Waals surface area contributed by atoms with E-state index < -0.39 is 0 Å². The molecule has 0 saturated carbocycles. The van der Waals surface area contributed by atoms with Crippen LogP contribution in [0.15, 0.2) is 0 Å². The van der Waals surface area contributed by atoms with Crippen molar-refractivity contribution in [2.24, 2.45) is 5.92 Å². The Morgan fingerprint density at radius 1 is 1.09 bits per heavy atom. The first kappa shape index (κ1) is 14.1. The molecule has 0 heterocycles. The van der Waals surface area contributed by atoms with Crippen LogP contribution >= 0.6 is 0 Å². The van der Waals surface area contributed by atoms with Crippen molar-refractivity contribution in [3.63, 3.8) is 0 Å². The number of hydrogen-bond acceptors (Lipinski definition) is 0. The smallest absolute Gasteiger partial charge is 0.341 e. The molecule has 0 N–H and O–H groups in total. The van der Waals surface area contributed by atoms with Crippen molar-refractivity contribution in [2.45, 2.75) is 52.4 Å². The first-order valence-corrected chi connectivity index (χ1v) is 4.60. The molecule has 0 radical (unpaired) electrons. The molecule has 0 aliphatic carbocycles. The van der Waals surface area contributed by atoms with E-state index in [4.69, 9.17) is 0 Å². The zero-order valence-corrected chi connectivity index (χ0v) is 8.77. The molecule has 0 aliphatic rings. The van der Waals surface area contributed by atoms with E-state index in [2.05, 4.69) is 20.8 Å². The van der Waals surface area contributed by atoms with Gasteiger partial charge in [0, 0.05) is 0 Å². The molecule has 0 nitrogen and oxygen atoms in total. The summed E-state index contributed by atoms with van der Waals surface area (Å²) in [7, 11) is 0. The van der Waals surface area contributed by atoms with E-state index in [9.17, 15) is 0 Å². The Balaban J connectivity index is 0. The Bertz CT molecular complexity index is 59.9. The van der Waals surface area contributed by atoms with Crippen molar-refractivity contribution in [1.82, 2.24) is 0 Å². The van der Waals surface area contributed by atoms with Gasteiger partial charge in [-0.1, -0.05) is 52.4 Å². The van der Waals surface area contributed by atoms with Gasteiger partial charge in [0.1, 0.15) is 0 Å². The molecule has 0 rings (SSSR count). The first-order chi connectivity index (χ1) is 4.77. The van der Waals surface area contributed by atoms with E-state index >= 15 is 0 Å². The SMILES string of the molecule is [CH2-]C(C)CCCCCCC.[Cu+]. The Morgan fingerprint density at radius 3 is 2.09 bits per heavy atom.